The first kappa shape index (κ1) is 17.3. The number of fused-ring (bicyclic) bond motifs is 1. The Kier molecular flexibility index (Phi) is 5.59. The second-order valence-corrected chi connectivity index (χ2v) is 6.68. The van der Waals surface area contributed by atoms with Gasteiger partial charge in [0.25, 0.3) is 5.91 Å². The van der Waals surface area contributed by atoms with Gasteiger partial charge in [-0.2, -0.15) is 0 Å². The van der Waals surface area contributed by atoms with Gasteiger partial charge in [0, 0.05) is 23.8 Å². The van der Waals surface area contributed by atoms with Gasteiger partial charge in [-0.05, 0) is 56.5 Å². The summed E-state index contributed by atoms with van der Waals surface area (Å²) in [7, 11) is 0. The van der Waals surface area contributed by atoms with Crippen LogP contribution in [-0.4, -0.2) is 31.6 Å². The molecule has 1 N–H and O–H groups in total. The summed E-state index contributed by atoms with van der Waals surface area (Å²) in [4.78, 5) is 14.8. The molecule has 0 aromatic heterocycles. The zero-order chi connectivity index (χ0) is 17.6. The Morgan fingerprint density at radius 3 is 2.72 bits per heavy atom. The lowest BCUT2D eigenvalue weighted by Gasteiger charge is -2.32. The summed E-state index contributed by atoms with van der Waals surface area (Å²) in [6.45, 7) is 6.42. The highest BCUT2D eigenvalue weighted by atomic mass is 16.5. The van der Waals surface area contributed by atoms with Crippen LogP contribution in [0.4, 0.5) is 5.69 Å². The van der Waals surface area contributed by atoms with Gasteiger partial charge in [-0.15, -0.1) is 0 Å². The number of anilines is 1. The smallest absolute Gasteiger partial charge is 0.251 e. The molecular formula is C21H26N2O2. The predicted octanol–water partition coefficient (Wildman–Crippen LogP) is 3.66. The van der Waals surface area contributed by atoms with Crippen molar-refractivity contribution in [2.75, 3.05) is 24.6 Å². The molecule has 0 saturated carbocycles. The Morgan fingerprint density at radius 2 is 1.96 bits per heavy atom. The highest BCUT2D eigenvalue weighted by molar-refractivity contribution is 5.97. The molecule has 1 heterocycles. The molecule has 0 aliphatic carbocycles. The highest BCUT2D eigenvalue weighted by Gasteiger charge is 2.22. The summed E-state index contributed by atoms with van der Waals surface area (Å²) in [5, 5.41) is 3.01. The molecule has 2 aromatic carbocycles. The summed E-state index contributed by atoms with van der Waals surface area (Å²) >= 11 is 0. The standard InChI is InChI=1S/C21H26N2O2/c1-16(2)22-21(24)19-10-6-12-20-18(19)11-7-13-23(20)14-15-25-17-8-4-3-5-9-17/h3-6,8-10,12,16H,7,11,13-15H2,1-2H3,(H,22,24). The van der Waals surface area contributed by atoms with E-state index >= 15 is 0 Å². The fraction of sp³-hybridized carbons (Fsp3) is 0.381. The molecule has 132 valence electrons. The molecule has 2 aromatic rings. The lowest BCUT2D eigenvalue weighted by atomic mass is 9.95. The van der Waals surface area contributed by atoms with Crippen LogP contribution in [0.1, 0.15) is 36.2 Å². The fourth-order valence-corrected chi connectivity index (χ4v) is 3.28. The van der Waals surface area contributed by atoms with Crippen LogP contribution >= 0.6 is 0 Å². The number of ether oxygens (including phenoxy) is 1. The van der Waals surface area contributed by atoms with Crippen molar-refractivity contribution in [1.82, 2.24) is 5.32 Å². The average Bonchev–Trinajstić information content (AvgIpc) is 2.61. The van der Waals surface area contributed by atoms with E-state index in [9.17, 15) is 4.79 Å². The lowest BCUT2D eigenvalue weighted by molar-refractivity contribution is 0.0942. The van der Waals surface area contributed by atoms with Gasteiger partial charge in [0.05, 0.1) is 6.54 Å². The third-order valence-electron chi connectivity index (χ3n) is 4.38. The van der Waals surface area contributed by atoms with Gasteiger partial charge in [0.15, 0.2) is 0 Å². The van der Waals surface area contributed by atoms with E-state index in [1.54, 1.807) is 0 Å². The fourth-order valence-electron chi connectivity index (χ4n) is 3.28. The molecule has 0 unspecified atom stereocenters. The zero-order valence-electron chi connectivity index (χ0n) is 15.0. The van der Waals surface area contributed by atoms with Gasteiger partial charge in [-0.3, -0.25) is 4.79 Å². The molecule has 0 saturated heterocycles. The molecule has 3 rings (SSSR count). The Hall–Kier alpha value is -2.49. The summed E-state index contributed by atoms with van der Waals surface area (Å²) in [5.41, 5.74) is 3.13. The van der Waals surface area contributed by atoms with Crippen molar-refractivity contribution >= 4 is 11.6 Å². The third kappa shape index (κ3) is 4.32. The lowest BCUT2D eigenvalue weighted by Crippen LogP contribution is -2.35. The summed E-state index contributed by atoms with van der Waals surface area (Å²) < 4.78 is 5.83. The number of carbonyl (C=O) groups is 1. The molecule has 25 heavy (non-hydrogen) atoms. The number of nitrogens with zero attached hydrogens (tertiary/aromatic N) is 1. The van der Waals surface area contributed by atoms with Crippen LogP contribution in [0.15, 0.2) is 48.5 Å². The number of carbonyl (C=O) groups excluding carboxylic acids is 1. The maximum Gasteiger partial charge on any atom is 0.251 e. The Labute approximate surface area is 149 Å². The first-order chi connectivity index (χ1) is 12.1. The van der Waals surface area contributed by atoms with Crippen LogP contribution < -0.4 is 15.0 Å². The maximum absolute atomic E-state index is 12.5. The molecule has 4 heteroatoms. The van der Waals surface area contributed by atoms with Crippen molar-refractivity contribution in [3.8, 4) is 5.75 Å². The molecule has 4 nitrogen and oxygen atoms in total. The van der Waals surface area contributed by atoms with Gasteiger partial charge >= 0.3 is 0 Å². The van der Waals surface area contributed by atoms with Gasteiger partial charge in [-0.1, -0.05) is 24.3 Å². The molecule has 0 bridgehead atoms. The molecule has 0 spiro atoms. The minimum Gasteiger partial charge on any atom is -0.492 e. The molecule has 1 aliphatic rings. The number of hydrogen-bond donors (Lipinski definition) is 1. The number of amides is 1. The molecule has 0 fully saturated rings. The Bertz CT molecular complexity index is 713. The van der Waals surface area contributed by atoms with Crippen LogP contribution in [0, 0.1) is 0 Å². The van der Waals surface area contributed by atoms with Crippen molar-refractivity contribution < 1.29 is 9.53 Å². The van der Waals surface area contributed by atoms with Crippen molar-refractivity contribution in [2.45, 2.75) is 32.7 Å². The average molecular weight is 338 g/mol. The first-order valence-electron chi connectivity index (χ1n) is 9.00. The van der Waals surface area contributed by atoms with Gasteiger partial charge in [0.1, 0.15) is 12.4 Å². The van der Waals surface area contributed by atoms with E-state index in [4.69, 9.17) is 4.74 Å². The Morgan fingerprint density at radius 1 is 1.16 bits per heavy atom. The largest absolute Gasteiger partial charge is 0.492 e. The third-order valence-corrected chi connectivity index (χ3v) is 4.38. The second-order valence-electron chi connectivity index (χ2n) is 6.68. The van der Waals surface area contributed by atoms with E-state index in [-0.39, 0.29) is 11.9 Å². The van der Waals surface area contributed by atoms with Crippen LogP contribution in [0.2, 0.25) is 0 Å². The number of benzene rings is 2. The quantitative estimate of drug-likeness (QED) is 0.874. The topological polar surface area (TPSA) is 41.6 Å². The summed E-state index contributed by atoms with van der Waals surface area (Å²) in [6.07, 6.45) is 2.01. The van der Waals surface area contributed by atoms with E-state index in [1.165, 1.54) is 5.69 Å². The maximum atomic E-state index is 12.5. The highest BCUT2D eigenvalue weighted by Crippen LogP contribution is 2.29. The van der Waals surface area contributed by atoms with E-state index in [1.807, 2.05) is 56.3 Å². The number of hydrogen-bond acceptors (Lipinski definition) is 3. The van der Waals surface area contributed by atoms with Crippen molar-refractivity contribution in [2.24, 2.45) is 0 Å². The second kappa shape index (κ2) is 8.06. The van der Waals surface area contributed by atoms with Crippen molar-refractivity contribution in [3.05, 3.63) is 59.7 Å². The number of nitrogens with one attached hydrogen (secondary N) is 1. The van der Waals surface area contributed by atoms with E-state index in [0.717, 1.165) is 42.8 Å². The van der Waals surface area contributed by atoms with Crippen LogP contribution in [0.5, 0.6) is 5.75 Å². The minimum absolute atomic E-state index is 0.0224. The SMILES string of the molecule is CC(C)NC(=O)c1cccc2c1CCCN2CCOc1ccccc1. The monoisotopic (exact) mass is 338 g/mol. The summed E-state index contributed by atoms with van der Waals surface area (Å²) in [5.74, 6) is 0.916. The number of para-hydroxylation sites is 1. The van der Waals surface area contributed by atoms with Crippen LogP contribution in [-0.2, 0) is 6.42 Å². The first-order valence-corrected chi connectivity index (χ1v) is 9.00. The predicted molar refractivity (Wildman–Crippen MR) is 102 cm³/mol. The molecule has 1 amide bonds. The van der Waals surface area contributed by atoms with Crippen LogP contribution in [0.3, 0.4) is 0 Å². The number of rotatable bonds is 6. The van der Waals surface area contributed by atoms with E-state index < -0.39 is 0 Å². The van der Waals surface area contributed by atoms with Crippen molar-refractivity contribution in [3.63, 3.8) is 0 Å². The van der Waals surface area contributed by atoms with Gasteiger partial charge in [-0.25, -0.2) is 0 Å². The zero-order valence-corrected chi connectivity index (χ0v) is 15.0. The molecule has 0 atom stereocenters. The normalized spacial score (nSPS) is 13.5. The minimum atomic E-state index is 0.0224. The Balaban J connectivity index is 1.70. The van der Waals surface area contributed by atoms with Crippen molar-refractivity contribution in [1.29, 1.82) is 0 Å². The van der Waals surface area contributed by atoms with Gasteiger partial charge < -0.3 is 15.0 Å². The molecular weight excluding hydrogens is 312 g/mol. The van der Waals surface area contributed by atoms with E-state index in [2.05, 4.69) is 16.3 Å². The molecule has 0 radical (unpaired) electrons. The summed E-state index contributed by atoms with van der Waals surface area (Å²) in [6, 6.07) is 16.0. The van der Waals surface area contributed by atoms with Gasteiger partial charge in [0.2, 0.25) is 0 Å². The molecule has 1 aliphatic heterocycles. The van der Waals surface area contributed by atoms with E-state index in [0.29, 0.717) is 6.61 Å². The van der Waals surface area contributed by atoms with Crippen LogP contribution in [0.25, 0.3) is 0 Å².